The highest BCUT2D eigenvalue weighted by molar-refractivity contribution is 5.93. The van der Waals surface area contributed by atoms with Gasteiger partial charge in [0.05, 0.1) is 25.2 Å². The average Bonchev–Trinajstić information content (AvgIpc) is 3.25. The number of hydrogen-bond donors (Lipinski definition) is 0. The molecule has 0 spiro atoms. The van der Waals surface area contributed by atoms with Crippen molar-refractivity contribution in [2.45, 2.75) is 19.0 Å². The largest absolute Gasteiger partial charge is 0.461 e. The first-order valence-corrected chi connectivity index (χ1v) is 8.11. The summed E-state index contributed by atoms with van der Waals surface area (Å²) in [5, 5.41) is 0. The second-order valence-electron chi connectivity index (χ2n) is 6.00. The van der Waals surface area contributed by atoms with Gasteiger partial charge in [0.15, 0.2) is 11.5 Å². The fourth-order valence-corrected chi connectivity index (χ4v) is 3.11. The van der Waals surface area contributed by atoms with E-state index in [2.05, 4.69) is 9.88 Å². The van der Waals surface area contributed by atoms with E-state index in [1.54, 1.807) is 12.1 Å². The molecule has 0 aliphatic carbocycles. The summed E-state index contributed by atoms with van der Waals surface area (Å²) in [4.78, 5) is 19.2. The van der Waals surface area contributed by atoms with Crippen LogP contribution in [0.4, 0.5) is 0 Å². The van der Waals surface area contributed by atoms with Crippen LogP contribution in [-0.2, 0) is 11.3 Å². The van der Waals surface area contributed by atoms with Crippen LogP contribution >= 0.6 is 0 Å². The molecule has 0 unspecified atom stereocenters. The number of rotatable bonds is 5. The van der Waals surface area contributed by atoms with Gasteiger partial charge in [0.2, 0.25) is 0 Å². The van der Waals surface area contributed by atoms with E-state index in [4.69, 9.17) is 9.15 Å². The fourth-order valence-electron chi connectivity index (χ4n) is 3.11. The highest BCUT2D eigenvalue weighted by Crippen LogP contribution is 2.17. The van der Waals surface area contributed by atoms with Crippen molar-refractivity contribution in [3.63, 3.8) is 0 Å². The zero-order valence-electron chi connectivity index (χ0n) is 13.3. The molecular weight excluding hydrogens is 306 g/mol. The summed E-state index contributed by atoms with van der Waals surface area (Å²) in [6.07, 6.45) is 5.94. The second-order valence-corrected chi connectivity index (χ2v) is 6.00. The number of imidazole rings is 1. The molecule has 0 radical (unpaired) electrons. The molecule has 0 amide bonds. The number of ether oxygens (including phenoxy) is 1. The zero-order valence-corrected chi connectivity index (χ0v) is 13.3. The minimum absolute atomic E-state index is 0.00972. The third-order valence-corrected chi connectivity index (χ3v) is 4.35. The molecule has 1 fully saturated rings. The first-order chi connectivity index (χ1) is 11.8. The van der Waals surface area contributed by atoms with E-state index < -0.39 is 0 Å². The van der Waals surface area contributed by atoms with Crippen LogP contribution in [0.5, 0.6) is 0 Å². The Morgan fingerprint density at radius 2 is 2.25 bits per heavy atom. The van der Waals surface area contributed by atoms with E-state index in [9.17, 15) is 4.79 Å². The molecule has 1 aliphatic rings. The summed E-state index contributed by atoms with van der Waals surface area (Å²) in [5.41, 5.74) is 1.93. The normalized spacial score (nSPS) is 18.9. The van der Waals surface area contributed by atoms with E-state index >= 15 is 0 Å². The van der Waals surface area contributed by atoms with Crippen molar-refractivity contribution in [1.29, 1.82) is 0 Å². The van der Waals surface area contributed by atoms with E-state index in [-0.39, 0.29) is 11.8 Å². The molecule has 0 N–H and O–H groups in total. The van der Waals surface area contributed by atoms with Crippen LogP contribution in [0.3, 0.4) is 0 Å². The Balaban J connectivity index is 1.48. The number of aromatic nitrogens is 2. The second kappa shape index (κ2) is 6.59. The number of fused-ring (bicyclic) bond motifs is 1. The first kappa shape index (κ1) is 15.1. The number of carbonyl (C=O) groups excluding carboxylic acids is 1. The first-order valence-electron chi connectivity index (χ1n) is 8.11. The number of furan rings is 1. The van der Waals surface area contributed by atoms with Gasteiger partial charge in [-0.3, -0.25) is 9.69 Å². The van der Waals surface area contributed by atoms with Crippen molar-refractivity contribution in [1.82, 2.24) is 14.3 Å². The molecule has 4 rings (SSSR count). The lowest BCUT2D eigenvalue weighted by Crippen LogP contribution is -2.45. The Labute approximate surface area is 139 Å². The van der Waals surface area contributed by atoms with Gasteiger partial charge in [0.25, 0.3) is 0 Å². The van der Waals surface area contributed by atoms with Crippen molar-refractivity contribution < 1.29 is 13.9 Å². The van der Waals surface area contributed by atoms with Gasteiger partial charge in [0, 0.05) is 37.9 Å². The number of carbonyl (C=O) groups is 1. The number of hydrogen-bond acceptors (Lipinski definition) is 5. The van der Waals surface area contributed by atoms with Crippen molar-refractivity contribution >= 4 is 11.4 Å². The molecule has 3 aromatic heterocycles. The summed E-state index contributed by atoms with van der Waals surface area (Å²) in [7, 11) is 0. The lowest BCUT2D eigenvalue weighted by Gasteiger charge is -2.34. The van der Waals surface area contributed by atoms with Crippen LogP contribution in [0.2, 0.25) is 0 Å². The lowest BCUT2D eigenvalue weighted by molar-refractivity contribution is -0.0133. The van der Waals surface area contributed by atoms with Crippen LogP contribution in [0.1, 0.15) is 22.7 Å². The maximum absolute atomic E-state index is 12.3. The van der Waals surface area contributed by atoms with E-state index in [1.807, 2.05) is 35.0 Å². The van der Waals surface area contributed by atoms with Gasteiger partial charge >= 0.3 is 0 Å². The van der Waals surface area contributed by atoms with Crippen LogP contribution in [0.15, 0.2) is 53.4 Å². The van der Waals surface area contributed by atoms with Crippen LogP contribution in [0.25, 0.3) is 5.65 Å². The van der Waals surface area contributed by atoms with E-state index in [0.29, 0.717) is 31.9 Å². The van der Waals surface area contributed by atoms with E-state index in [0.717, 1.165) is 17.9 Å². The molecule has 0 bridgehead atoms. The predicted octanol–water partition coefficient (Wildman–Crippen LogP) is 2.40. The molecule has 0 saturated carbocycles. The molecule has 1 saturated heterocycles. The summed E-state index contributed by atoms with van der Waals surface area (Å²) in [6.45, 7) is 2.74. The number of Topliss-reactive ketones (excluding diaryl/α,β-unsaturated/α-hetero) is 1. The van der Waals surface area contributed by atoms with Gasteiger partial charge in [0.1, 0.15) is 5.65 Å². The number of pyridine rings is 1. The Bertz CT molecular complexity index is 792. The lowest BCUT2D eigenvalue weighted by atomic mass is 10.1. The molecule has 24 heavy (non-hydrogen) atoms. The Morgan fingerprint density at radius 1 is 1.29 bits per heavy atom. The third kappa shape index (κ3) is 3.11. The number of morpholine rings is 1. The molecule has 124 valence electrons. The van der Waals surface area contributed by atoms with E-state index in [1.165, 1.54) is 6.26 Å². The maximum atomic E-state index is 12.3. The molecule has 3 aromatic rings. The third-order valence-electron chi connectivity index (χ3n) is 4.35. The quantitative estimate of drug-likeness (QED) is 0.674. The Hall–Kier alpha value is -2.44. The molecule has 0 aromatic carbocycles. The van der Waals surface area contributed by atoms with Crippen molar-refractivity contribution in [3.8, 4) is 0 Å². The summed E-state index contributed by atoms with van der Waals surface area (Å²) in [6, 6.07) is 9.43. The van der Waals surface area contributed by atoms with Gasteiger partial charge in [-0.15, -0.1) is 0 Å². The van der Waals surface area contributed by atoms with Crippen LogP contribution < -0.4 is 0 Å². The topological polar surface area (TPSA) is 60.0 Å². The van der Waals surface area contributed by atoms with Gasteiger partial charge in [-0.1, -0.05) is 6.07 Å². The van der Waals surface area contributed by atoms with Gasteiger partial charge in [-0.25, -0.2) is 4.98 Å². The van der Waals surface area contributed by atoms with Crippen LogP contribution in [0, 0.1) is 0 Å². The zero-order chi connectivity index (χ0) is 16.4. The highest BCUT2D eigenvalue weighted by Gasteiger charge is 2.27. The van der Waals surface area contributed by atoms with Gasteiger partial charge < -0.3 is 13.6 Å². The Morgan fingerprint density at radius 3 is 3.08 bits per heavy atom. The molecule has 6 heteroatoms. The summed E-state index contributed by atoms with van der Waals surface area (Å²) in [5.74, 6) is 0.420. The smallest absolute Gasteiger partial charge is 0.199 e. The van der Waals surface area contributed by atoms with Gasteiger partial charge in [-0.2, -0.15) is 0 Å². The predicted molar refractivity (Wildman–Crippen MR) is 87.9 cm³/mol. The molecule has 1 atom stereocenters. The monoisotopic (exact) mass is 325 g/mol. The molecular formula is C18H19N3O3. The van der Waals surface area contributed by atoms with Crippen molar-refractivity contribution in [3.05, 3.63) is 60.4 Å². The molecule has 6 nitrogen and oxygen atoms in total. The summed E-state index contributed by atoms with van der Waals surface area (Å²) >= 11 is 0. The van der Waals surface area contributed by atoms with Crippen molar-refractivity contribution in [2.75, 3.05) is 19.8 Å². The maximum Gasteiger partial charge on any atom is 0.199 e. The minimum atomic E-state index is 0.00972. The van der Waals surface area contributed by atoms with Gasteiger partial charge in [-0.05, 0) is 24.3 Å². The molecule has 4 heterocycles. The fraction of sp³-hybridized carbons (Fsp3) is 0.333. The average molecular weight is 325 g/mol. The SMILES string of the molecule is O=C(C[C@H]1COCCN1Cc1cn2ccccc2n1)c1ccco1. The summed E-state index contributed by atoms with van der Waals surface area (Å²) < 4.78 is 12.8. The highest BCUT2D eigenvalue weighted by atomic mass is 16.5. The Kier molecular flexibility index (Phi) is 4.15. The molecule has 1 aliphatic heterocycles. The standard InChI is InChI=1S/C18H19N3O3/c22-16(17-4-3-8-24-17)10-15-13-23-9-7-20(15)11-14-12-21-6-2-1-5-18(21)19-14/h1-6,8,12,15H,7,9-11,13H2/t15-/m0/s1. The number of ketones is 1. The number of nitrogens with zero attached hydrogens (tertiary/aromatic N) is 3. The minimum Gasteiger partial charge on any atom is -0.461 e. The van der Waals surface area contributed by atoms with Crippen molar-refractivity contribution in [2.24, 2.45) is 0 Å². The van der Waals surface area contributed by atoms with Crippen LogP contribution in [-0.4, -0.2) is 45.9 Å².